The Morgan fingerprint density at radius 1 is 0.762 bits per heavy atom. The van der Waals surface area contributed by atoms with Crippen molar-refractivity contribution >= 4 is 34.9 Å². The zero-order valence-electron chi connectivity index (χ0n) is 10.2. The minimum atomic E-state index is -2.33. The van der Waals surface area contributed by atoms with Gasteiger partial charge in [0.15, 0.2) is 20.3 Å². The molecule has 0 aliphatic heterocycles. The van der Waals surface area contributed by atoms with Crippen molar-refractivity contribution in [2.24, 2.45) is 0 Å². The van der Waals surface area contributed by atoms with Crippen LogP contribution in [0.3, 0.4) is 0 Å². The van der Waals surface area contributed by atoms with Crippen LogP contribution in [-0.2, 0) is 0 Å². The lowest BCUT2D eigenvalue weighted by atomic mass is 10.4. The van der Waals surface area contributed by atoms with Crippen LogP contribution in [0.4, 0.5) is 26.3 Å². The zero-order chi connectivity index (χ0) is 15.8. The fourth-order valence-corrected chi connectivity index (χ4v) is 3.98. The second-order valence-electron chi connectivity index (χ2n) is 3.36. The molecule has 0 radical (unpaired) electrons. The van der Waals surface area contributed by atoms with Crippen molar-refractivity contribution in [1.82, 2.24) is 10.2 Å². The molecule has 0 spiro atoms. The quantitative estimate of drug-likeness (QED) is 0.438. The predicted molar refractivity (Wildman–Crippen MR) is 71.3 cm³/mol. The van der Waals surface area contributed by atoms with Crippen LogP contribution in [0.2, 0.25) is 0 Å². The maximum absolute atomic E-state index is 12.5. The van der Waals surface area contributed by atoms with E-state index < -0.39 is 36.7 Å². The molecule has 0 unspecified atom stereocenters. The van der Waals surface area contributed by atoms with E-state index in [1.807, 2.05) is 0 Å². The van der Waals surface area contributed by atoms with E-state index >= 15 is 0 Å². The van der Waals surface area contributed by atoms with Crippen molar-refractivity contribution in [1.29, 1.82) is 0 Å². The van der Waals surface area contributed by atoms with Gasteiger partial charge in [0, 0.05) is 24.3 Å². The van der Waals surface area contributed by atoms with Gasteiger partial charge in [0.2, 0.25) is 0 Å². The molecular weight excluding hydrogens is 358 g/mol. The second kappa shape index (κ2) is 9.36. The van der Waals surface area contributed by atoms with Crippen molar-refractivity contribution in [2.45, 2.75) is 21.5 Å². The molecule has 0 N–H and O–H groups in total. The highest BCUT2D eigenvalue weighted by Crippen LogP contribution is 2.31. The molecule has 1 aromatic rings. The van der Waals surface area contributed by atoms with Crippen molar-refractivity contribution < 1.29 is 26.3 Å². The first-order valence-electron chi connectivity index (χ1n) is 5.38. The summed E-state index contributed by atoms with van der Waals surface area (Å²) in [6.07, 6.45) is -5.50. The predicted octanol–water partition coefficient (Wildman–Crippen LogP) is 5.66. The molecule has 0 atom stereocenters. The number of nitrogens with zero attached hydrogens (tertiary/aromatic N) is 2. The van der Waals surface area contributed by atoms with Crippen molar-refractivity contribution in [3.8, 4) is 0 Å². The lowest BCUT2D eigenvalue weighted by Gasteiger charge is -1.95. The number of hydrogen-bond donors (Lipinski definition) is 0. The van der Waals surface area contributed by atoms with E-state index in [1.54, 1.807) is 0 Å². The minimum Gasteiger partial charge on any atom is -0.206 e. The molecule has 21 heavy (non-hydrogen) atoms. The molecule has 0 saturated carbocycles. The van der Waals surface area contributed by atoms with Gasteiger partial charge in [-0.25, -0.2) is 8.78 Å². The Morgan fingerprint density at radius 2 is 1.14 bits per heavy atom. The first kappa shape index (κ1) is 18.4. The Morgan fingerprint density at radius 3 is 1.48 bits per heavy atom. The van der Waals surface area contributed by atoms with E-state index in [-0.39, 0.29) is 11.5 Å². The Labute approximate surface area is 128 Å². The molecule has 0 aromatic carbocycles. The summed E-state index contributed by atoms with van der Waals surface area (Å²) in [4.78, 5) is 0. The number of halogens is 6. The van der Waals surface area contributed by atoms with Crippen molar-refractivity contribution in [2.75, 3.05) is 11.5 Å². The number of aromatic nitrogens is 2. The second-order valence-corrected chi connectivity index (χ2v) is 7.02. The third kappa shape index (κ3) is 7.23. The molecule has 118 valence electrons. The highest BCUT2D eigenvalue weighted by Gasteiger charge is 2.10. The van der Waals surface area contributed by atoms with Gasteiger partial charge < -0.3 is 0 Å². The van der Waals surface area contributed by atoms with Gasteiger partial charge in [-0.3, -0.25) is 0 Å². The molecular formula is C10H8F6N2S3. The van der Waals surface area contributed by atoms with Crippen LogP contribution in [0, 0.1) is 0 Å². The lowest BCUT2D eigenvalue weighted by molar-refractivity contribution is 0.373. The number of allylic oxidation sites excluding steroid dienone is 2. The standard InChI is InChI=1S/C10H8F6N2S3/c11-5(7(13)14)1-3-19-9-17-18-10(21-9)20-4-2-6(12)8(15)16/h1-4H2. The highest BCUT2D eigenvalue weighted by atomic mass is 32.2. The smallest absolute Gasteiger partial charge is 0.206 e. The molecule has 1 heterocycles. The van der Waals surface area contributed by atoms with Gasteiger partial charge in [0.05, 0.1) is 0 Å². The van der Waals surface area contributed by atoms with E-state index in [0.29, 0.717) is 8.68 Å². The Bertz CT molecular complexity index is 478. The normalized spacial score (nSPS) is 10.6. The Balaban J connectivity index is 2.33. The summed E-state index contributed by atoms with van der Waals surface area (Å²) in [6, 6.07) is 0. The van der Waals surface area contributed by atoms with Gasteiger partial charge in [-0.05, 0) is 0 Å². The Kier molecular flexibility index (Phi) is 8.19. The van der Waals surface area contributed by atoms with Crippen LogP contribution in [0.5, 0.6) is 0 Å². The molecule has 0 saturated heterocycles. The van der Waals surface area contributed by atoms with Crippen LogP contribution >= 0.6 is 34.9 Å². The molecule has 0 fully saturated rings. The third-order valence-corrected chi connectivity index (χ3v) is 5.09. The van der Waals surface area contributed by atoms with Gasteiger partial charge in [-0.2, -0.15) is 17.6 Å². The van der Waals surface area contributed by atoms with Crippen LogP contribution in [-0.4, -0.2) is 21.7 Å². The lowest BCUT2D eigenvalue weighted by Crippen LogP contribution is -1.82. The zero-order valence-corrected chi connectivity index (χ0v) is 12.7. The highest BCUT2D eigenvalue weighted by molar-refractivity contribution is 8.03. The number of hydrogen-bond acceptors (Lipinski definition) is 5. The number of thioether (sulfide) groups is 2. The molecule has 11 heteroatoms. The fourth-order valence-electron chi connectivity index (χ4n) is 0.959. The molecule has 1 rings (SSSR count). The summed E-state index contributed by atoms with van der Waals surface area (Å²) in [5.41, 5.74) is 0. The van der Waals surface area contributed by atoms with Crippen molar-refractivity contribution in [3.05, 3.63) is 23.8 Å². The van der Waals surface area contributed by atoms with Crippen LogP contribution in [0.25, 0.3) is 0 Å². The van der Waals surface area contributed by atoms with Gasteiger partial charge in [-0.1, -0.05) is 34.9 Å². The van der Waals surface area contributed by atoms with Crippen LogP contribution in [0.1, 0.15) is 12.8 Å². The molecule has 0 amide bonds. The van der Waals surface area contributed by atoms with Gasteiger partial charge in [0.1, 0.15) is 0 Å². The SMILES string of the molecule is FC(F)=C(F)CCSc1nnc(SCCC(F)=C(F)F)s1. The summed E-state index contributed by atoms with van der Waals surface area (Å²) in [6.45, 7) is 0. The maximum Gasteiger partial charge on any atom is 0.301 e. The largest absolute Gasteiger partial charge is 0.301 e. The fraction of sp³-hybridized carbons (Fsp3) is 0.400. The van der Waals surface area contributed by atoms with E-state index in [0.717, 1.165) is 34.9 Å². The van der Waals surface area contributed by atoms with Gasteiger partial charge in [0.25, 0.3) is 0 Å². The first-order chi connectivity index (χ1) is 9.90. The first-order valence-corrected chi connectivity index (χ1v) is 8.17. The summed E-state index contributed by atoms with van der Waals surface area (Å²) < 4.78 is 73.1. The topological polar surface area (TPSA) is 25.8 Å². The summed E-state index contributed by atoms with van der Waals surface area (Å²) in [7, 11) is 0. The average molecular weight is 366 g/mol. The average Bonchev–Trinajstić information content (AvgIpc) is 2.86. The molecule has 2 nitrogen and oxygen atoms in total. The van der Waals surface area contributed by atoms with Gasteiger partial charge >= 0.3 is 12.2 Å². The van der Waals surface area contributed by atoms with Crippen LogP contribution in [0.15, 0.2) is 32.5 Å². The molecule has 1 aromatic heterocycles. The van der Waals surface area contributed by atoms with E-state index in [9.17, 15) is 26.3 Å². The summed E-state index contributed by atoms with van der Waals surface area (Å²) in [5.74, 6) is -2.77. The van der Waals surface area contributed by atoms with E-state index in [2.05, 4.69) is 10.2 Å². The minimum absolute atomic E-state index is 0.0763. The van der Waals surface area contributed by atoms with Gasteiger partial charge in [-0.15, -0.1) is 10.2 Å². The molecule has 0 bridgehead atoms. The maximum atomic E-state index is 12.5. The summed E-state index contributed by atoms with van der Waals surface area (Å²) >= 11 is 3.21. The Hall–Kier alpha value is -0.680. The summed E-state index contributed by atoms with van der Waals surface area (Å²) in [5, 5.41) is 7.44. The molecule has 0 aliphatic carbocycles. The number of rotatable bonds is 8. The van der Waals surface area contributed by atoms with E-state index in [1.165, 1.54) is 0 Å². The molecule has 0 aliphatic rings. The van der Waals surface area contributed by atoms with E-state index in [4.69, 9.17) is 0 Å². The van der Waals surface area contributed by atoms with Crippen molar-refractivity contribution in [3.63, 3.8) is 0 Å². The third-order valence-electron chi connectivity index (χ3n) is 1.89. The van der Waals surface area contributed by atoms with Crippen LogP contribution < -0.4 is 0 Å². The monoisotopic (exact) mass is 366 g/mol.